The van der Waals surface area contributed by atoms with Gasteiger partial charge in [0.2, 0.25) is 11.8 Å². The molecule has 1 heterocycles. The summed E-state index contributed by atoms with van der Waals surface area (Å²) >= 11 is 0. The quantitative estimate of drug-likeness (QED) is 0.716. The second-order valence-electron chi connectivity index (χ2n) is 5.24. The Morgan fingerprint density at radius 3 is 2.50 bits per heavy atom. The SMILES string of the molecule is CNC(C)CCCN1C(=O)CC(C)(C)C1=O. The molecule has 16 heavy (non-hydrogen) atoms. The molecule has 4 heteroatoms. The molecule has 0 aromatic rings. The summed E-state index contributed by atoms with van der Waals surface area (Å²) in [6, 6.07) is 0.431. The Morgan fingerprint density at radius 2 is 2.06 bits per heavy atom. The maximum atomic E-state index is 11.9. The normalized spacial score (nSPS) is 21.6. The van der Waals surface area contributed by atoms with Crippen molar-refractivity contribution in [1.82, 2.24) is 10.2 Å². The van der Waals surface area contributed by atoms with Gasteiger partial charge in [0.25, 0.3) is 0 Å². The number of imide groups is 1. The van der Waals surface area contributed by atoms with Crippen molar-refractivity contribution in [2.75, 3.05) is 13.6 Å². The van der Waals surface area contributed by atoms with Gasteiger partial charge in [-0.25, -0.2) is 0 Å². The van der Waals surface area contributed by atoms with Crippen LogP contribution in [0.3, 0.4) is 0 Å². The number of carbonyl (C=O) groups is 2. The number of likely N-dealkylation sites (tertiary alicyclic amines) is 1. The van der Waals surface area contributed by atoms with E-state index < -0.39 is 5.41 Å². The zero-order valence-corrected chi connectivity index (χ0v) is 10.7. The van der Waals surface area contributed by atoms with Crippen LogP contribution in [-0.2, 0) is 9.59 Å². The van der Waals surface area contributed by atoms with E-state index in [4.69, 9.17) is 0 Å². The largest absolute Gasteiger partial charge is 0.317 e. The van der Waals surface area contributed by atoms with Crippen molar-refractivity contribution in [2.45, 2.75) is 46.1 Å². The van der Waals surface area contributed by atoms with Gasteiger partial charge in [0, 0.05) is 19.0 Å². The summed E-state index contributed by atoms with van der Waals surface area (Å²) in [6.07, 6.45) is 2.21. The van der Waals surface area contributed by atoms with E-state index in [0.717, 1.165) is 12.8 Å². The van der Waals surface area contributed by atoms with Crippen LogP contribution in [0.4, 0.5) is 0 Å². The van der Waals surface area contributed by atoms with E-state index in [0.29, 0.717) is 19.0 Å². The highest BCUT2D eigenvalue weighted by molar-refractivity contribution is 6.05. The van der Waals surface area contributed by atoms with Crippen LogP contribution in [0.15, 0.2) is 0 Å². The first-order chi connectivity index (χ1) is 7.38. The van der Waals surface area contributed by atoms with Gasteiger partial charge in [-0.1, -0.05) is 13.8 Å². The third-order valence-electron chi connectivity index (χ3n) is 3.23. The van der Waals surface area contributed by atoms with E-state index >= 15 is 0 Å². The fraction of sp³-hybridized carbons (Fsp3) is 0.833. The van der Waals surface area contributed by atoms with Crippen molar-refractivity contribution < 1.29 is 9.59 Å². The zero-order chi connectivity index (χ0) is 12.3. The molecule has 0 radical (unpaired) electrons. The number of hydrogen-bond acceptors (Lipinski definition) is 3. The first-order valence-corrected chi connectivity index (χ1v) is 5.90. The van der Waals surface area contributed by atoms with Crippen molar-refractivity contribution >= 4 is 11.8 Å². The first-order valence-electron chi connectivity index (χ1n) is 5.90. The first kappa shape index (κ1) is 13.2. The summed E-state index contributed by atoms with van der Waals surface area (Å²) in [5.74, 6) is -0.0401. The Morgan fingerprint density at radius 1 is 1.44 bits per heavy atom. The van der Waals surface area contributed by atoms with Gasteiger partial charge in [0.1, 0.15) is 0 Å². The van der Waals surface area contributed by atoms with Crippen molar-refractivity contribution in [3.8, 4) is 0 Å². The van der Waals surface area contributed by atoms with Crippen LogP contribution < -0.4 is 5.32 Å². The molecule has 1 unspecified atom stereocenters. The molecule has 1 rings (SSSR count). The molecule has 0 spiro atoms. The average molecular weight is 226 g/mol. The fourth-order valence-corrected chi connectivity index (χ4v) is 1.95. The Bertz CT molecular complexity index is 287. The molecule has 0 bridgehead atoms. The molecule has 0 aromatic carbocycles. The molecular weight excluding hydrogens is 204 g/mol. The lowest BCUT2D eigenvalue weighted by molar-refractivity contribution is -0.140. The smallest absolute Gasteiger partial charge is 0.235 e. The second-order valence-corrected chi connectivity index (χ2v) is 5.24. The summed E-state index contributed by atoms with van der Waals surface area (Å²) < 4.78 is 0. The molecule has 1 saturated heterocycles. The summed E-state index contributed by atoms with van der Waals surface area (Å²) in [5.41, 5.74) is -0.494. The van der Waals surface area contributed by atoms with E-state index in [1.165, 1.54) is 4.90 Å². The number of rotatable bonds is 5. The molecular formula is C12H22N2O2. The molecule has 4 nitrogen and oxygen atoms in total. The van der Waals surface area contributed by atoms with Crippen LogP contribution >= 0.6 is 0 Å². The van der Waals surface area contributed by atoms with Gasteiger partial charge in [-0.2, -0.15) is 0 Å². The summed E-state index contributed by atoms with van der Waals surface area (Å²) in [6.45, 7) is 6.33. The lowest BCUT2D eigenvalue weighted by Crippen LogP contribution is -2.34. The molecule has 1 fully saturated rings. The molecule has 1 aliphatic rings. The van der Waals surface area contributed by atoms with E-state index in [9.17, 15) is 9.59 Å². The Hall–Kier alpha value is -0.900. The van der Waals surface area contributed by atoms with Crippen LogP contribution in [0.1, 0.15) is 40.0 Å². The highest BCUT2D eigenvalue weighted by Gasteiger charge is 2.44. The molecule has 1 atom stereocenters. The predicted octanol–water partition coefficient (Wildman–Crippen LogP) is 1.16. The maximum Gasteiger partial charge on any atom is 0.235 e. The van der Waals surface area contributed by atoms with E-state index in [2.05, 4.69) is 12.2 Å². The van der Waals surface area contributed by atoms with Gasteiger partial charge in [-0.15, -0.1) is 0 Å². The van der Waals surface area contributed by atoms with Crippen LogP contribution in [0.25, 0.3) is 0 Å². The number of nitrogens with one attached hydrogen (secondary N) is 1. The minimum atomic E-state index is -0.494. The third-order valence-corrected chi connectivity index (χ3v) is 3.23. The number of amides is 2. The Kier molecular flexibility index (Phi) is 4.08. The zero-order valence-electron chi connectivity index (χ0n) is 10.7. The Labute approximate surface area is 97.4 Å². The second kappa shape index (κ2) is 4.95. The third kappa shape index (κ3) is 2.82. The van der Waals surface area contributed by atoms with Crippen molar-refractivity contribution in [2.24, 2.45) is 5.41 Å². The van der Waals surface area contributed by atoms with Gasteiger partial charge in [-0.05, 0) is 26.8 Å². The lowest BCUT2D eigenvalue weighted by atomic mass is 9.92. The van der Waals surface area contributed by atoms with Gasteiger partial charge < -0.3 is 5.32 Å². The number of carbonyl (C=O) groups excluding carboxylic acids is 2. The van der Waals surface area contributed by atoms with Gasteiger partial charge >= 0.3 is 0 Å². The monoisotopic (exact) mass is 226 g/mol. The minimum absolute atomic E-state index is 0.0189. The number of nitrogens with zero attached hydrogens (tertiary/aromatic N) is 1. The average Bonchev–Trinajstić information content (AvgIpc) is 2.39. The maximum absolute atomic E-state index is 11.9. The van der Waals surface area contributed by atoms with E-state index in [1.54, 1.807) is 0 Å². The van der Waals surface area contributed by atoms with E-state index in [-0.39, 0.29) is 11.8 Å². The van der Waals surface area contributed by atoms with Crippen molar-refractivity contribution in [1.29, 1.82) is 0 Å². The summed E-state index contributed by atoms with van der Waals surface area (Å²) in [7, 11) is 1.92. The molecule has 0 aliphatic carbocycles. The molecule has 2 amide bonds. The predicted molar refractivity (Wildman–Crippen MR) is 62.9 cm³/mol. The van der Waals surface area contributed by atoms with Crippen LogP contribution in [0, 0.1) is 5.41 Å². The van der Waals surface area contributed by atoms with Crippen molar-refractivity contribution in [3.05, 3.63) is 0 Å². The van der Waals surface area contributed by atoms with Crippen LogP contribution in [-0.4, -0.2) is 36.3 Å². The summed E-state index contributed by atoms with van der Waals surface area (Å²) in [5, 5.41) is 3.14. The van der Waals surface area contributed by atoms with Gasteiger partial charge in [0.05, 0.1) is 5.41 Å². The van der Waals surface area contributed by atoms with E-state index in [1.807, 2.05) is 20.9 Å². The fourth-order valence-electron chi connectivity index (χ4n) is 1.95. The standard InChI is InChI=1S/C12H22N2O2/c1-9(13-4)6-5-7-14-10(15)8-12(2,3)11(14)16/h9,13H,5-8H2,1-4H3. The van der Waals surface area contributed by atoms with Gasteiger partial charge in [0.15, 0.2) is 0 Å². The molecule has 0 saturated carbocycles. The highest BCUT2D eigenvalue weighted by Crippen LogP contribution is 2.31. The topological polar surface area (TPSA) is 49.4 Å². The lowest BCUT2D eigenvalue weighted by Gasteiger charge is -2.18. The minimum Gasteiger partial charge on any atom is -0.317 e. The van der Waals surface area contributed by atoms with Gasteiger partial charge in [-0.3, -0.25) is 14.5 Å². The highest BCUT2D eigenvalue weighted by atomic mass is 16.2. The molecule has 1 N–H and O–H groups in total. The van der Waals surface area contributed by atoms with Crippen molar-refractivity contribution in [3.63, 3.8) is 0 Å². The summed E-state index contributed by atoms with van der Waals surface area (Å²) in [4.78, 5) is 24.9. The van der Waals surface area contributed by atoms with Crippen LogP contribution in [0.5, 0.6) is 0 Å². The molecule has 0 aromatic heterocycles. The molecule has 92 valence electrons. The number of hydrogen-bond donors (Lipinski definition) is 1. The molecule has 1 aliphatic heterocycles. The van der Waals surface area contributed by atoms with Crippen LogP contribution in [0.2, 0.25) is 0 Å². The Balaban J connectivity index is 2.44.